The third kappa shape index (κ3) is 4.99. The van der Waals surface area contributed by atoms with E-state index in [1.165, 1.54) is 47.0 Å². The van der Waals surface area contributed by atoms with Crippen LogP contribution in [0.4, 0.5) is 5.00 Å². The smallest absolute Gasteiger partial charge is 0.341 e. The van der Waals surface area contributed by atoms with Crippen molar-refractivity contribution in [1.82, 2.24) is 4.31 Å². The lowest BCUT2D eigenvalue weighted by atomic mass is 10.1. The minimum Gasteiger partial charge on any atom is -0.465 e. The molecule has 1 aromatic heterocycles. The first-order valence-electron chi connectivity index (χ1n) is 10.7. The molecule has 2 heterocycles. The Morgan fingerprint density at radius 1 is 1.09 bits per heavy atom. The van der Waals surface area contributed by atoms with Gasteiger partial charge in [0.2, 0.25) is 10.0 Å². The summed E-state index contributed by atoms with van der Waals surface area (Å²) in [7, 11) is -2.39. The molecule has 1 aliphatic carbocycles. The third-order valence-electron chi connectivity index (χ3n) is 5.60. The summed E-state index contributed by atoms with van der Waals surface area (Å²) in [5, 5.41) is 3.02. The van der Waals surface area contributed by atoms with E-state index in [0.29, 0.717) is 23.8 Å². The maximum Gasteiger partial charge on any atom is 0.341 e. The second-order valence-electron chi connectivity index (χ2n) is 7.72. The van der Waals surface area contributed by atoms with E-state index >= 15 is 0 Å². The standard InChI is InChI=1S/C22H24N2O8S2/c1-30-22(27)19-16-3-2-4-17(16)33-20(19)23-18(25)13-32-21(26)14-5-7-15(8-6-14)34(28,29)24-9-11-31-12-10-24/h5-8H,2-4,9-13H2,1H3,(H,23,25). The first-order valence-corrected chi connectivity index (χ1v) is 12.9. The molecular formula is C22H24N2O8S2. The average Bonchev–Trinajstić information content (AvgIpc) is 3.43. The highest BCUT2D eigenvalue weighted by Gasteiger charge is 2.29. The number of aryl methyl sites for hydroxylation is 1. The minimum absolute atomic E-state index is 0.0600. The number of amides is 1. The van der Waals surface area contributed by atoms with E-state index in [-0.39, 0.29) is 23.5 Å². The van der Waals surface area contributed by atoms with Crippen LogP contribution in [0.2, 0.25) is 0 Å². The van der Waals surface area contributed by atoms with E-state index in [1.807, 2.05) is 0 Å². The normalized spacial score (nSPS) is 16.0. The van der Waals surface area contributed by atoms with Gasteiger partial charge in [-0.3, -0.25) is 4.79 Å². The predicted molar refractivity (Wildman–Crippen MR) is 123 cm³/mol. The Morgan fingerprint density at radius 2 is 1.79 bits per heavy atom. The summed E-state index contributed by atoms with van der Waals surface area (Å²) in [5.41, 5.74) is 1.37. The zero-order chi connectivity index (χ0) is 24.3. The Morgan fingerprint density at radius 3 is 2.47 bits per heavy atom. The van der Waals surface area contributed by atoms with Crippen LogP contribution in [-0.4, -0.2) is 70.6 Å². The summed E-state index contributed by atoms with van der Waals surface area (Å²) < 4.78 is 41.8. The van der Waals surface area contributed by atoms with Crippen molar-refractivity contribution in [1.29, 1.82) is 0 Å². The fraction of sp³-hybridized carbons (Fsp3) is 0.409. The number of thiophene rings is 1. The Bertz CT molecular complexity index is 1200. The lowest BCUT2D eigenvalue weighted by Gasteiger charge is -2.26. The monoisotopic (exact) mass is 508 g/mol. The van der Waals surface area contributed by atoms with Crippen LogP contribution >= 0.6 is 11.3 Å². The number of rotatable bonds is 7. The van der Waals surface area contributed by atoms with E-state index in [0.717, 1.165) is 29.7 Å². The lowest BCUT2D eigenvalue weighted by molar-refractivity contribution is -0.119. The van der Waals surface area contributed by atoms with Crippen LogP contribution in [0.3, 0.4) is 0 Å². The van der Waals surface area contributed by atoms with Crippen LogP contribution in [0.1, 0.15) is 37.6 Å². The predicted octanol–water partition coefficient (Wildman–Crippen LogP) is 1.84. The Labute approximate surface area is 200 Å². The molecular weight excluding hydrogens is 484 g/mol. The molecule has 0 unspecified atom stereocenters. The Balaban J connectivity index is 1.36. The number of methoxy groups -OCH3 is 1. The van der Waals surface area contributed by atoms with Crippen LogP contribution in [0.15, 0.2) is 29.2 Å². The lowest BCUT2D eigenvalue weighted by Crippen LogP contribution is -2.40. The van der Waals surface area contributed by atoms with Crippen LogP contribution < -0.4 is 5.32 Å². The Kier molecular flexibility index (Phi) is 7.31. The maximum atomic E-state index is 12.7. The number of fused-ring (bicyclic) bond motifs is 1. The van der Waals surface area contributed by atoms with Crippen molar-refractivity contribution >= 4 is 44.2 Å². The quantitative estimate of drug-likeness (QED) is 0.561. The van der Waals surface area contributed by atoms with Gasteiger partial charge in [-0.1, -0.05) is 0 Å². The van der Waals surface area contributed by atoms with Gasteiger partial charge in [0.05, 0.1) is 36.3 Å². The molecule has 2 aromatic rings. The topological polar surface area (TPSA) is 128 Å². The second kappa shape index (κ2) is 10.2. The number of carbonyl (C=O) groups is 3. The summed E-state index contributed by atoms with van der Waals surface area (Å²) in [4.78, 5) is 38.0. The first-order chi connectivity index (χ1) is 16.3. The van der Waals surface area contributed by atoms with Crippen LogP contribution in [0.5, 0.6) is 0 Å². The van der Waals surface area contributed by atoms with Crippen LogP contribution in [0, 0.1) is 0 Å². The van der Waals surface area contributed by atoms with Gasteiger partial charge in [0, 0.05) is 18.0 Å². The summed E-state index contributed by atoms with van der Waals surface area (Å²) in [5.74, 6) is -1.88. The zero-order valence-corrected chi connectivity index (χ0v) is 20.1. The highest BCUT2D eigenvalue weighted by atomic mass is 32.2. The molecule has 4 rings (SSSR count). The van der Waals surface area contributed by atoms with E-state index in [9.17, 15) is 22.8 Å². The third-order valence-corrected chi connectivity index (χ3v) is 8.72. The fourth-order valence-corrected chi connectivity index (χ4v) is 6.59. The number of benzene rings is 1. The molecule has 34 heavy (non-hydrogen) atoms. The highest BCUT2D eigenvalue weighted by Crippen LogP contribution is 2.39. The van der Waals surface area contributed by atoms with Gasteiger partial charge in [-0.2, -0.15) is 4.31 Å². The molecule has 12 heteroatoms. The van der Waals surface area contributed by atoms with E-state index in [1.54, 1.807) is 0 Å². The molecule has 10 nitrogen and oxygen atoms in total. The molecule has 0 saturated carbocycles. The van der Waals surface area contributed by atoms with Gasteiger partial charge in [0.1, 0.15) is 5.00 Å². The summed E-state index contributed by atoms with van der Waals surface area (Å²) >= 11 is 1.32. The van der Waals surface area contributed by atoms with Gasteiger partial charge in [-0.05, 0) is 49.1 Å². The van der Waals surface area contributed by atoms with Crippen molar-refractivity contribution < 1.29 is 37.0 Å². The number of morpholine rings is 1. The summed E-state index contributed by atoms with van der Waals surface area (Å²) in [6.45, 7) is 0.649. The number of esters is 2. The summed E-state index contributed by atoms with van der Waals surface area (Å²) in [6.07, 6.45) is 2.54. The van der Waals surface area contributed by atoms with E-state index in [4.69, 9.17) is 14.2 Å². The molecule has 1 aliphatic heterocycles. The molecule has 1 fully saturated rings. The number of ether oxygens (including phenoxy) is 3. The van der Waals surface area contributed by atoms with E-state index < -0.39 is 34.5 Å². The molecule has 1 N–H and O–H groups in total. The molecule has 182 valence electrons. The van der Waals surface area contributed by atoms with Crippen LogP contribution in [0.25, 0.3) is 0 Å². The largest absolute Gasteiger partial charge is 0.465 e. The summed E-state index contributed by atoms with van der Waals surface area (Å²) in [6, 6.07) is 5.34. The SMILES string of the molecule is COC(=O)c1c(NC(=O)COC(=O)c2ccc(S(=O)(=O)N3CCOCC3)cc2)sc2c1CCC2. The van der Waals surface area contributed by atoms with Gasteiger partial charge in [0.15, 0.2) is 6.61 Å². The van der Waals surface area contributed by atoms with Crippen molar-refractivity contribution in [3.05, 3.63) is 45.8 Å². The number of nitrogens with one attached hydrogen (secondary N) is 1. The fourth-order valence-electron chi connectivity index (χ4n) is 3.89. The molecule has 0 radical (unpaired) electrons. The van der Waals surface area contributed by atoms with Crippen molar-refractivity contribution in [3.8, 4) is 0 Å². The van der Waals surface area contributed by atoms with Crippen LogP contribution in [-0.2, 0) is 41.9 Å². The van der Waals surface area contributed by atoms with Crippen molar-refractivity contribution in [2.75, 3.05) is 45.3 Å². The number of anilines is 1. The molecule has 2 aliphatic rings. The average molecular weight is 509 g/mol. The van der Waals surface area contributed by atoms with Crippen molar-refractivity contribution in [2.24, 2.45) is 0 Å². The van der Waals surface area contributed by atoms with Gasteiger partial charge in [-0.15, -0.1) is 11.3 Å². The van der Waals surface area contributed by atoms with E-state index in [2.05, 4.69) is 5.32 Å². The number of carbonyl (C=O) groups excluding carboxylic acids is 3. The molecule has 0 bridgehead atoms. The molecule has 0 spiro atoms. The first kappa shape index (κ1) is 24.3. The minimum atomic E-state index is -3.68. The maximum absolute atomic E-state index is 12.7. The molecule has 1 aromatic carbocycles. The second-order valence-corrected chi connectivity index (χ2v) is 10.8. The number of nitrogens with zero attached hydrogens (tertiary/aromatic N) is 1. The number of sulfonamides is 1. The number of hydrogen-bond acceptors (Lipinski definition) is 9. The zero-order valence-electron chi connectivity index (χ0n) is 18.5. The Hall–Kier alpha value is -2.80. The molecule has 1 amide bonds. The number of hydrogen-bond donors (Lipinski definition) is 1. The van der Waals surface area contributed by atoms with Crippen molar-refractivity contribution in [2.45, 2.75) is 24.2 Å². The van der Waals surface area contributed by atoms with Gasteiger partial charge < -0.3 is 19.5 Å². The van der Waals surface area contributed by atoms with Gasteiger partial charge in [0.25, 0.3) is 5.91 Å². The molecule has 1 saturated heterocycles. The van der Waals surface area contributed by atoms with Gasteiger partial charge >= 0.3 is 11.9 Å². The van der Waals surface area contributed by atoms with Gasteiger partial charge in [-0.25, -0.2) is 18.0 Å². The highest BCUT2D eigenvalue weighted by molar-refractivity contribution is 7.89. The van der Waals surface area contributed by atoms with Crippen molar-refractivity contribution in [3.63, 3.8) is 0 Å². The molecule has 0 atom stereocenters.